The van der Waals surface area contributed by atoms with Crippen molar-refractivity contribution >= 4 is 21.6 Å². The molecule has 0 amide bonds. The van der Waals surface area contributed by atoms with Crippen molar-refractivity contribution in [3.05, 3.63) is 41.7 Å². The normalized spacial score (nSPS) is 15.5. The number of nitrogens with zero attached hydrogens (tertiary/aromatic N) is 2. The van der Waals surface area contributed by atoms with Crippen LogP contribution >= 0.6 is 0 Å². The third-order valence-corrected chi connectivity index (χ3v) is 5.85. The Morgan fingerprint density at radius 1 is 1.25 bits per heavy atom. The molecule has 1 saturated heterocycles. The molecular weight excluding hydrogens is 330 g/mol. The Morgan fingerprint density at radius 3 is 2.50 bits per heavy atom. The molecule has 8 heteroatoms. The van der Waals surface area contributed by atoms with Crippen molar-refractivity contribution in [1.82, 2.24) is 9.46 Å². The summed E-state index contributed by atoms with van der Waals surface area (Å²) in [6.45, 7) is 2.94. The summed E-state index contributed by atoms with van der Waals surface area (Å²) in [5.74, 6) is 0.997. The highest BCUT2D eigenvalue weighted by molar-refractivity contribution is 7.89. The standard InChI is InChI=1S/C16H19N3O4S/c1-12-10-16(18-23-12)17-11-15(20)13-4-6-14(7-5-13)24(21,22)19-8-2-3-9-19/h4-7,10H,2-3,8-9,11H2,1H3,(H,17,18). The van der Waals surface area contributed by atoms with Gasteiger partial charge >= 0.3 is 0 Å². The fourth-order valence-electron chi connectivity index (χ4n) is 2.61. The zero-order chi connectivity index (χ0) is 17.2. The number of benzene rings is 1. The lowest BCUT2D eigenvalue weighted by Crippen LogP contribution is -2.27. The number of nitrogens with one attached hydrogen (secondary N) is 1. The molecule has 0 unspecified atom stereocenters. The second-order valence-corrected chi connectivity index (χ2v) is 7.67. The lowest BCUT2D eigenvalue weighted by molar-refractivity contribution is 0.101. The number of anilines is 1. The van der Waals surface area contributed by atoms with E-state index in [4.69, 9.17) is 4.52 Å². The van der Waals surface area contributed by atoms with Crippen molar-refractivity contribution in [3.63, 3.8) is 0 Å². The number of Topliss-reactive ketones (excluding diaryl/α,β-unsaturated/α-hetero) is 1. The van der Waals surface area contributed by atoms with E-state index in [0.29, 0.717) is 30.2 Å². The van der Waals surface area contributed by atoms with Crippen molar-refractivity contribution < 1.29 is 17.7 Å². The van der Waals surface area contributed by atoms with E-state index in [9.17, 15) is 13.2 Å². The first kappa shape index (κ1) is 16.7. The van der Waals surface area contributed by atoms with Gasteiger partial charge in [-0.05, 0) is 44.0 Å². The third kappa shape index (κ3) is 3.49. The SMILES string of the molecule is Cc1cc(NCC(=O)c2ccc(S(=O)(=O)N3CCCC3)cc2)no1. The van der Waals surface area contributed by atoms with E-state index in [-0.39, 0.29) is 17.2 Å². The maximum atomic E-state index is 12.4. The van der Waals surface area contributed by atoms with Gasteiger partial charge in [0.2, 0.25) is 10.0 Å². The highest BCUT2D eigenvalue weighted by Crippen LogP contribution is 2.21. The first-order valence-electron chi connectivity index (χ1n) is 7.77. The van der Waals surface area contributed by atoms with Crippen molar-refractivity contribution in [2.75, 3.05) is 25.0 Å². The summed E-state index contributed by atoms with van der Waals surface area (Å²) in [7, 11) is -3.45. The first-order valence-corrected chi connectivity index (χ1v) is 9.21. The Bertz CT molecular complexity index is 821. The molecule has 1 aliphatic rings. The van der Waals surface area contributed by atoms with Crippen molar-refractivity contribution in [2.45, 2.75) is 24.7 Å². The van der Waals surface area contributed by atoms with E-state index < -0.39 is 10.0 Å². The molecule has 0 aliphatic carbocycles. The summed E-state index contributed by atoms with van der Waals surface area (Å²) in [5, 5.41) is 6.62. The number of hydrogen-bond donors (Lipinski definition) is 1. The van der Waals surface area contributed by atoms with E-state index in [2.05, 4.69) is 10.5 Å². The predicted octanol–water partition coefficient (Wildman–Crippen LogP) is 2.06. The number of aryl methyl sites for hydroxylation is 1. The van der Waals surface area contributed by atoms with Crippen LogP contribution in [0, 0.1) is 6.92 Å². The molecule has 128 valence electrons. The zero-order valence-corrected chi connectivity index (χ0v) is 14.2. The molecule has 0 spiro atoms. The number of carbonyl (C=O) groups excluding carboxylic acids is 1. The molecule has 0 radical (unpaired) electrons. The monoisotopic (exact) mass is 349 g/mol. The smallest absolute Gasteiger partial charge is 0.243 e. The predicted molar refractivity (Wildman–Crippen MR) is 88.5 cm³/mol. The molecule has 2 heterocycles. The van der Waals surface area contributed by atoms with Crippen LogP contribution in [-0.2, 0) is 10.0 Å². The number of ketones is 1. The summed E-state index contributed by atoms with van der Waals surface area (Å²) in [6.07, 6.45) is 1.78. The third-order valence-electron chi connectivity index (χ3n) is 3.94. The molecule has 24 heavy (non-hydrogen) atoms. The molecular formula is C16H19N3O4S. The van der Waals surface area contributed by atoms with Crippen LogP contribution in [0.25, 0.3) is 0 Å². The van der Waals surface area contributed by atoms with Crippen molar-refractivity contribution in [3.8, 4) is 0 Å². The largest absolute Gasteiger partial charge is 0.360 e. The van der Waals surface area contributed by atoms with E-state index in [1.807, 2.05) is 0 Å². The minimum absolute atomic E-state index is 0.0597. The van der Waals surface area contributed by atoms with Gasteiger partial charge in [-0.3, -0.25) is 4.79 Å². The molecule has 3 rings (SSSR count). The summed E-state index contributed by atoms with van der Waals surface area (Å²) in [6, 6.07) is 7.75. The Kier molecular flexibility index (Phi) is 4.68. The number of carbonyl (C=O) groups is 1. The van der Waals surface area contributed by atoms with Gasteiger partial charge in [0.25, 0.3) is 0 Å². The molecule has 1 aromatic heterocycles. The van der Waals surface area contributed by atoms with Gasteiger partial charge in [-0.2, -0.15) is 4.31 Å². The van der Waals surface area contributed by atoms with Crippen LogP contribution < -0.4 is 5.32 Å². The van der Waals surface area contributed by atoms with Gasteiger partial charge in [0.15, 0.2) is 11.6 Å². The van der Waals surface area contributed by atoms with Gasteiger partial charge < -0.3 is 9.84 Å². The number of hydrogen-bond acceptors (Lipinski definition) is 6. The molecule has 1 N–H and O–H groups in total. The lowest BCUT2D eigenvalue weighted by atomic mass is 10.1. The Morgan fingerprint density at radius 2 is 1.92 bits per heavy atom. The lowest BCUT2D eigenvalue weighted by Gasteiger charge is -2.15. The average molecular weight is 349 g/mol. The fraction of sp³-hybridized carbons (Fsp3) is 0.375. The van der Waals surface area contributed by atoms with Crippen molar-refractivity contribution in [1.29, 1.82) is 0 Å². The van der Waals surface area contributed by atoms with Crippen LogP contribution in [0.3, 0.4) is 0 Å². The molecule has 7 nitrogen and oxygen atoms in total. The van der Waals surface area contributed by atoms with E-state index in [1.54, 1.807) is 25.1 Å². The van der Waals surface area contributed by atoms with Gasteiger partial charge in [0, 0.05) is 24.7 Å². The van der Waals surface area contributed by atoms with Crippen LogP contribution in [0.5, 0.6) is 0 Å². The van der Waals surface area contributed by atoms with Crippen LogP contribution in [0.4, 0.5) is 5.82 Å². The number of rotatable bonds is 6. The fourth-order valence-corrected chi connectivity index (χ4v) is 4.13. The van der Waals surface area contributed by atoms with Crippen LogP contribution in [0.1, 0.15) is 29.0 Å². The van der Waals surface area contributed by atoms with Gasteiger partial charge in [-0.15, -0.1) is 0 Å². The van der Waals surface area contributed by atoms with Crippen molar-refractivity contribution in [2.24, 2.45) is 0 Å². The second kappa shape index (κ2) is 6.74. The average Bonchev–Trinajstić information content (AvgIpc) is 3.24. The number of aromatic nitrogens is 1. The minimum Gasteiger partial charge on any atom is -0.360 e. The topological polar surface area (TPSA) is 92.5 Å². The second-order valence-electron chi connectivity index (χ2n) is 5.74. The molecule has 0 atom stereocenters. The molecule has 0 bridgehead atoms. The maximum absolute atomic E-state index is 12.4. The highest BCUT2D eigenvalue weighted by Gasteiger charge is 2.27. The molecule has 0 saturated carbocycles. The maximum Gasteiger partial charge on any atom is 0.243 e. The van der Waals surface area contributed by atoms with Gasteiger partial charge in [0.1, 0.15) is 5.76 Å². The molecule has 2 aromatic rings. The number of sulfonamides is 1. The molecule has 1 aliphatic heterocycles. The Labute approximate surface area is 140 Å². The summed E-state index contributed by atoms with van der Waals surface area (Å²) >= 11 is 0. The van der Waals surface area contributed by atoms with Gasteiger partial charge in [-0.25, -0.2) is 8.42 Å². The highest BCUT2D eigenvalue weighted by atomic mass is 32.2. The minimum atomic E-state index is -3.45. The Hall–Kier alpha value is -2.19. The van der Waals surface area contributed by atoms with Gasteiger partial charge in [-0.1, -0.05) is 5.16 Å². The van der Waals surface area contributed by atoms with Crippen LogP contribution in [0.2, 0.25) is 0 Å². The van der Waals surface area contributed by atoms with Crippen LogP contribution in [-0.4, -0.2) is 43.3 Å². The van der Waals surface area contributed by atoms with E-state index in [0.717, 1.165) is 12.8 Å². The molecule has 1 fully saturated rings. The summed E-state index contributed by atoms with van der Waals surface area (Å²) in [4.78, 5) is 12.4. The zero-order valence-electron chi connectivity index (χ0n) is 13.4. The quantitative estimate of drug-likeness (QED) is 0.803. The summed E-state index contributed by atoms with van der Waals surface area (Å²) < 4.78 is 31.3. The molecule has 1 aromatic carbocycles. The first-order chi connectivity index (χ1) is 11.5. The van der Waals surface area contributed by atoms with Crippen LogP contribution in [0.15, 0.2) is 39.8 Å². The van der Waals surface area contributed by atoms with E-state index in [1.165, 1.54) is 16.4 Å². The Balaban J connectivity index is 1.66. The van der Waals surface area contributed by atoms with Gasteiger partial charge in [0.05, 0.1) is 11.4 Å². The van der Waals surface area contributed by atoms with E-state index >= 15 is 0 Å². The summed E-state index contributed by atoms with van der Waals surface area (Å²) in [5.41, 5.74) is 0.447.